The first-order valence-corrected chi connectivity index (χ1v) is 6.11. The third-order valence-electron chi connectivity index (χ3n) is 1.84. The summed E-state index contributed by atoms with van der Waals surface area (Å²) in [7, 11) is -1.76. The molecule has 78 valence electrons. The van der Waals surface area contributed by atoms with Crippen LogP contribution in [0.15, 0.2) is 29.2 Å². The lowest BCUT2D eigenvalue weighted by atomic mass is 10.3. The Kier molecular flexibility index (Phi) is 3.44. The molecule has 0 bridgehead atoms. The number of thiol groups is 1. The van der Waals surface area contributed by atoms with Crippen LogP contribution in [0.3, 0.4) is 0 Å². The third kappa shape index (κ3) is 2.22. The largest absolute Gasteiger partial charge is 0.497 e. The van der Waals surface area contributed by atoms with E-state index in [4.69, 9.17) is 4.74 Å². The fraction of sp³-hybridized carbons (Fsp3) is 0.333. The van der Waals surface area contributed by atoms with Crippen molar-refractivity contribution >= 4 is 22.5 Å². The molecule has 0 aromatic heterocycles. The van der Waals surface area contributed by atoms with Gasteiger partial charge in [-0.1, -0.05) is 0 Å². The lowest BCUT2D eigenvalue weighted by Crippen LogP contribution is -2.11. The molecule has 3 nitrogen and oxygen atoms in total. The molecule has 0 N–H and O–H groups in total. The molecule has 0 heterocycles. The number of benzene rings is 1. The molecular formula is C9H12O3S2. The summed E-state index contributed by atoms with van der Waals surface area (Å²) in [5, 5.41) is 0. The van der Waals surface area contributed by atoms with Crippen molar-refractivity contribution in [3.05, 3.63) is 24.3 Å². The second-order valence-electron chi connectivity index (χ2n) is 2.82. The van der Waals surface area contributed by atoms with Gasteiger partial charge in [0, 0.05) is 0 Å². The minimum Gasteiger partial charge on any atom is -0.497 e. The minimum atomic E-state index is -3.29. The van der Waals surface area contributed by atoms with Gasteiger partial charge in [0.2, 0.25) is 0 Å². The van der Waals surface area contributed by atoms with Gasteiger partial charge in [-0.2, -0.15) is 12.6 Å². The zero-order valence-corrected chi connectivity index (χ0v) is 9.68. The van der Waals surface area contributed by atoms with Crippen LogP contribution in [-0.2, 0) is 9.84 Å². The molecule has 0 saturated heterocycles. The summed E-state index contributed by atoms with van der Waals surface area (Å²) in [6.45, 7) is 1.53. The highest BCUT2D eigenvalue weighted by Crippen LogP contribution is 2.20. The Morgan fingerprint density at radius 1 is 1.29 bits per heavy atom. The van der Waals surface area contributed by atoms with Gasteiger partial charge in [-0.05, 0) is 31.2 Å². The maximum absolute atomic E-state index is 11.6. The average Bonchev–Trinajstić information content (AvgIpc) is 2.17. The van der Waals surface area contributed by atoms with Crippen LogP contribution in [0.1, 0.15) is 6.92 Å². The van der Waals surface area contributed by atoms with E-state index in [-0.39, 0.29) is 4.90 Å². The van der Waals surface area contributed by atoms with Gasteiger partial charge in [-0.15, -0.1) is 0 Å². The smallest absolute Gasteiger partial charge is 0.189 e. The zero-order valence-electron chi connectivity index (χ0n) is 7.97. The van der Waals surface area contributed by atoms with E-state index in [1.807, 2.05) is 0 Å². The van der Waals surface area contributed by atoms with Crippen LogP contribution in [0.2, 0.25) is 0 Å². The van der Waals surface area contributed by atoms with Gasteiger partial charge >= 0.3 is 0 Å². The van der Waals surface area contributed by atoms with Crippen LogP contribution < -0.4 is 4.74 Å². The predicted molar refractivity (Wildman–Crippen MR) is 58.6 cm³/mol. The van der Waals surface area contributed by atoms with Crippen molar-refractivity contribution in [2.45, 2.75) is 16.4 Å². The molecule has 14 heavy (non-hydrogen) atoms. The van der Waals surface area contributed by atoms with Gasteiger partial charge in [-0.3, -0.25) is 0 Å². The highest BCUT2D eigenvalue weighted by molar-refractivity contribution is 8.04. The Balaban J connectivity index is 3.10. The quantitative estimate of drug-likeness (QED) is 0.807. The molecule has 0 radical (unpaired) electrons. The lowest BCUT2D eigenvalue weighted by Gasteiger charge is -2.07. The Bertz CT molecular complexity index is 393. The molecule has 1 unspecified atom stereocenters. The fourth-order valence-electron chi connectivity index (χ4n) is 0.962. The highest BCUT2D eigenvalue weighted by Gasteiger charge is 2.19. The molecule has 0 saturated carbocycles. The monoisotopic (exact) mass is 232 g/mol. The third-order valence-corrected chi connectivity index (χ3v) is 4.50. The topological polar surface area (TPSA) is 43.4 Å². The zero-order chi connectivity index (χ0) is 10.8. The van der Waals surface area contributed by atoms with E-state index >= 15 is 0 Å². The van der Waals surface area contributed by atoms with Crippen molar-refractivity contribution in [2.75, 3.05) is 7.11 Å². The van der Waals surface area contributed by atoms with Crippen molar-refractivity contribution in [3.63, 3.8) is 0 Å². The molecule has 5 heteroatoms. The Morgan fingerprint density at radius 2 is 1.79 bits per heavy atom. The summed E-state index contributed by atoms with van der Waals surface area (Å²) in [5.74, 6) is 0.635. The van der Waals surface area contributed by atoms with Crippen molar-refractivity contribution in [2.24, 2.45) is 0 Å². The predicted octanol–water partition coefficient (Wildman–Crippen LogP) is 1.74. The summed E-state index contributed by atoms with van der Waals surface area (Å²) in [6, 6.07) is 6.26. The summed E-state index contributed by atoms with van der Waals surface area (Å²) in [5.41, 5.74) is 0. The van der Waals surface area contributed by atoms with E-state index in [2.05, 4.69) is 12.6 Å². The Labute approximate surface area is 89.4 Å². The van der Waals surface area contributed by atoms with Crippen LogP contribution in [0.25, 0.3) is 0 Å². The number of methoxy groups -OCH3 is 1. The van der Waals surface area contributed by atoms with Crippen LogP contribution >= 0.6 is 12.6 Å². The maximum Gasteiger partial charge on any atom is 0.189 e. The molecule has 0 spiro atoms. The molecule has 0 fully saturated rings. The summed E-state index contributed by atoms with van der Waals surface area (Å²) in [4.78, 5) is 0.265. The standard InChI is InChI=1S/C9H12O3S2/c1-7(13)14(10,11)9-5-3-8(12-2)4-6-9/h3-7,13H,1-2H3. The SMILES string of the molecule is COc1ccc(S(=O)(=O)C(C)S)cc1. The minimum absolute atomic E-state index is 0.265. The van der Waals surface area contributed by atoms with Crippen LogP contribution in [0.5, 0.6) is 5.75 Å². The molecule has 1 atom stereocenters. The van der Waals surface area contributed by atoms with Gasteiger partial charge in [0.1, 0.15) is 10.3 Å². The summed E-state index contributed by atoms with van der Waals surface area (Å²) < 4.78 is 27.5. The first-order chi connectivity index (χ1) is 6.48. The Hall–Kier alpha value is -0.680. The van der Waals surface area contributed by atoms with Crippen molar-refractivity contribution in [1.29, 1.82) is 0 Å². The number of sulfone groups is 1. The van der Waals surface area contributed by atoms with Gasteiger partial charge < -0.3 is 4.74 Å². The Morgan fingerprint density at radius 3 is 2.14 bits per heavy atom. The average molecular weight is 232 g/mol. The van der Waals surface area contributed by atoms with Crippen LogP contribution in [-0.4, -0.2) is 20.1 Å². The van der Waals surface area contributed by atoms with Crippen molar-refractivity contribution in [3.8, 4) is 5.75 Å². The number of hydrogen-bond donors (Lipinski definition) is 1. The first kappa shape index (κ1) is 11.4. The highest BCUT2D eigenvalue weighted by atomic mass is 32.2. The van der Waals surface area contributed by atoms with Gasteiger partial charge in [0.15, 0.2) is 9.84 Å². The van der Waals surface area contributed by atoms with E-state index in [1.54, 1.807) is 12.1 Å². The maximum atomic E-state index is 11.6. The van der Waals surface area contributed by atoms with E-state index in [1.165, 1.54) is 26.2 Å². The van der Waals surface area contributed by atoms with E-state index in [0.717, 1.165) is 0 Å². The summed E-state index contributed by atoms with van der Waals surface area (Å²) >= 11 is 3.92. The van der Waals surface area contributed by atoms with Gasteiger partial charge in [0.25, 0.3) is 0 Å². The molecule has 1 rings (SSSR count). The van der Waals surface area contributed by atoms with E-state index < -0.39 is 14.4 Å². The molecule has 0 aliphatic heterocycles. The first-order valence-electron chi connectivity index (χ1n) is 4.04. The molecule has 1 aromatic carbocycles. The number of rotatable bonds is 3. The van der Waals surface area contributed by atoms with E-state index in [0.29, 0.717) is 5.75 Å². The second kappa shape index (κ2) is 4.23. The molecule has 0 aliphatic carbocycles. The van der Waals surface area contributed by atoms with Crippen molar-refractivity contribution < 1.29 is 13.2 Å². The van der Waals surface area contributed by atoms with Gasteiger partial charge in [-0.25, -0.2) is 8.42 Å². The second-order valence-corrected chi connectivity index (χ2v) is 6.21. The number of ether oxygens (including phenoxy) is 1. The van der Waals surface area contributed by atoms with E-state index in [9.17, 15) is 8.42 Å². The van der Waals surface area contributed by atoms with Crippen molar-refractivity contribution in [1.82, 2.24) is 0 Å². The molecule has 0 amide bonds. The lowest BCUT2D eigenvalue weighted by molar-refractivity contribution is 0.414. The van der Waals surface area contributed by atoms with Crippen LogP contribution in [0, 0.1) is 0 Å². The fourth-order valence-corrected chi connectivity index (χ4v) is 2.24. The number of hydrogen-bond acceptors (Lipinski definition) is 4. The molecule has 0 aliphatic rings. The normalized spacial score (nSPS) is 13.6. The van der Waals surface area contributed by atoms with Crippen LogP contribution in [0.4, 0.5) is 0 Å². The molecule has 1 aromatic rings. The summed E-state index contributed by atoms with van der Waals surface area (Å²) in [6.07, 6.45) is 0. The van der Waals surface area contributed by atoms with Gasteiger partial charge in [0.05, 0.1) is 12.0 Å². The molecular weight excluding hydrogens is 220 g/mol.